The van der Waals surface area contributed by atoms with E-state index in [2.05, 4.69) is 9.97 Å². The number of halogens is 1. The predicted octanol–water partition coefficient (Wildman–Crippen LogP) is 1.27. The average Bonchev–Trinajstić information content (AvgIpc) is 2.72. The van der Waals surface area contributed by atoms with Crippen LogP contribution < -0.4 is 10.5 Å². The summed E-state index contributed by atoms with van der Waals surface area (Å²) in [6.07, 6.45) is 3.65. The van der Waals surface area contributed by atoms with Crippen LogP contribution in [-0.4, -0.2) is 29.3 Å². The first-order valence-electron chi connectivity index (χ1n) is 4.78. The van der Waals surface area contributed by atoms with Gasteiger partial charge in [0.05, 0.1) is 12.3 Å². The summed E-state index contributed by atoms with van der Waals surface area (Å²) in [5.41, 5.74) is 5.42. The molecule has 0 radical (unpaired) electrons. The van der Waals surface area contributed by atoms with E-state index in [1.54, 1.807) is 0 Å². The highest BCUT2D eigenvalue weighted by Crippen LogP contribution is 2.22. The van der Waals surface area contributed by atoms with Crippen LogP contribution in [0.2, 0.25) is 5.02 Å². The second-order valence-corrected chi connectivity index (χ2v) is 3.73. The fourth-order valence-corrected chi connectivity index (χ4v) is 1.56. The minimum atomic E-state index is 0.136. The Kier molecular flexibility index (Phi) is 3.23. The fraction of sp³-hybridized carbons (Fsp3) is 0.556. The zero-order valence-corrected chi connectivity index (χ0v) is 8.91. The molecule has 1 unspecified atom stereocenters. The summed E-state index contributed by atoms with van der Waals surface area (Å²) in [5.74, 6) is 0.474. The van der Waals surface area contributed by atoms with Crippen molar-refractivity contribution in [3.05, 3.63) is 11.2 Å². The van der Waals surface area contributed by atoms with Crippen LogP contribution in [-0.2, 0) is 4.74 Å². The second-order valence-electron chi connectivity index (χ2n) is 3.33. The van der Waals surface area contributed by atoms with Crippen LogP contribution in [0.4, 0.5) is 5.95 Å². The molecule has 2 N–H and O–H groups in total. The van der Waals surface area contributed by atoms with Crippen LogP contribution in [0.5, 0.6) is 5.88 Å². The number of hydrogen-bond donors (Lipinski definition) is 1. The number of anilines is 1. The van der Waals surface area contributed by atoms with E-state index in [-0.39, 0.29) is 12.1 Å². The Morgan fingerprint density at radius 2 is 2.53 bits per heavy atom. The molecule has 1 aromatic heterocycles. The zero-order chi connectivity index (χ0) is 10.7. The number of rotatable bonds is 3. The molecule has 1 aliphatic heterocycles. The third kappa shape index (κ3) is 2.70. The van der Waals surface area contributed by atoms with E-state index in [1.165, 1.54) is 6.20 Å². The Morgan fingerprint density at radius 3 is 3.27 bits per heavy atom. The third-order valence-electron chi connectivity index (χ3n) is 2.16. The lowest BCUT2D eigenvalue weighted by molar-refractivity contribution is 0.0664. The van der Waals surface area contributed by atoms with Crippen molar-refractivity contribution in [2.24, 2.45) is 0 Å². The summed E-state index contributed by atoms with van der Waals surface area (Å²) in [5, 5.41) is 0.363. The summed E-state index contributed by atoms with van der Waals surface area (Å²) in [6, 6.07) is 0. The molecule has 1 atom stereocenters. The van der Waals surface area contributed by atoms with Gasteiger partial charge in [-0.25, -0.2) is 4.98 Å². The van der Waals surface area contributed by atoms with E-state index in [0.29, 0.717) is 17.5 Å². The summed E-state index contributed by atoms with van der Waals surface area (Å²) in [4.78, 5) is 7.63. The molecule has 82 valence electrons. The molecule has 0 saturated carbocycles. The lowest BCUT2D eigenvalue weighted by atomic mass is 10.2. The highest BCUT2D eigenvalue weighted by Gasteiger charge is 2.17. The molecule has 1 saturated heterocycles. The third-order valence-corrected chi connectivity index (χ3v) is 2.42. The first kappa shape index (κ1) is 10.4. The Morgan fingerprint density at radius 1 is 1.67 bits per heavy atom. The van der Waals surface area contributed by atoms with Gasteiger partial charge in [0.2, 0.25) is 11.8 Å². The summed E-state index contributed by atoms with van der Waals surface area (Å²) >= 11 is 5.84. The number of hydrogen-bond acceptors (Lipinski definition) is 5. The number of nitrogens with zero attached hydrogens (tertiary/aromatic N) is 2. The van der Waals surface area contributed by atoms with E-state index in [9.17, 15) is 0 Å². The molecule has 1 aliphatic rings. The lowest BCUT2D eigenvalue weighted by Gasteiger charge is -2.11. The molecule has 1 fully saturated rings. The van der Waals surface area contributed by atoms with Gasteiger partial charge in [0, 0.05) is 6.61 Å². The maximum Gasteiger partial charge on any atom is 0.237 e. The van der Waals surface area contributed by atoms with Crippen LogP contribution in [0.3, 0.4) is 0 Å². The minimum Gasteiger partial charge on any atom is -0.474 e. The Bertz CT molecular complexity index is 342. The highest BCUT2D eigenvalue weighted by molar-refractivity contribution is 6.31. The molecule has 0 bridgehead atoms. The van der Waals surface area contributed by atoms with E-state index < -0.39 is 0 Å². The molecule has 1 aromatic rings. The molecule has 0 aliphatic carbocycles. The van der Waals surface area contributed by atoms with E-state index in [4.69, 9.17) is 26.8 Å². The van der Waals surface area contributed by atoms with Crippen molar-refractivity contribution < 1.29 is 9.47 Å². The van der Waals surface area contributed by atoms with Crippen molar-refractivity contribution in [2.45, 2.75) is 18.9 Å². The van der Waals surface area contributed by atoms with Gasteiger partial charge >= 0.3 is 0 Å². The molecule has 2 rings (SSSR count). The van der Waals surface area contributed by atoms with Gasteiger partial charge in [0.1, 0.15) is 11.6 Å². The molecule has 5 nitrogen and oxygen atoms in total. The molecule has 6 heteroatoms. The van der Waals surface area contributed by atoms with Gasteiger partial charge in [0.15, 0.2) is 0 Å². The fourth-order valence-electron chi connectivity index (χ4n) is 1.41. The first-order chi connectivity index (χ1) is 7.25. The van der Waals surface area contributed by atoms with Gasteiger partial charge in [-0.3, -0.25) is 0 Å². The highest BCUT2D eigenvalue weighted by atomic mass is 35.5. The van der Waals surface area contributed by atoms with Crippen LogP contribution in [0.1, 0.15) is 12.8 Å². The number of nitrogen functional groups attached to an aromatic ring is 1. The van der Waals surface area contributed by atoms with Gasteiger partial charge < -0.3 is 15.2 Å². The van der Waals surface area contributed by atoms with Crippen LogP contribution in [0.25, 0.3) is 0 Å². The Labute approximate surface area is 92.6 Å². The van der Waals surface area contributed by atoms with Gasteiger partial charge in [-0.15, -0.1) is 0 Å². The molecule has 0 amide bonds. The monoisotopic (exact) mass is 229 g/mol. The van der Waals surface area contributed by atoms with Crippen LogP contribution in [0, 0.1) is 0 Å². The maximum absolute atomic E-state index is 5.84. The SMILES string of the molecule is Nc1ncc(Cl)c(OCC2CCCO2)n1. The summed E-state index contributed by atoms with van der Waals surface area (Å²) < 4.78 is 10.8. The van der Waals surface area contributed by atoms with E-state index in [0.717, 1.165) is 19.4 Å². The predicted molar refractivity (Wildman–Crippen MR) is 55.9 cm³/mol. The number of nitrogens with two attached hydrogens (primary N) is 1. The summed E-state index contributed by atoms with van der Waals surface area (Å²) in [7, 11) is 0. The lowest BCUT2D eigenvalue weighted by Crippen LogP contribution is -2.17. The Balaban J connectivity index is 1.94. The van der Waals surface area contributed by atoms with Gasteiger partial charge in [-0.2, -0.15) is 4.98 Å². The van der Waals surface area contributed by atoms with Crippen molar-refractivity contribution in [2.75, 3.05) is 18.9 Å². The van der Waals surface area contributed by atoms with Crippen LogP contribution in [0.15, 0.2) is 6.20 Å². The largest absolute Gasteiger partial charge is 0.474 e. The average molecular weight is 230 g/mol. The number of aromatic nitrogens is 2. The topological polar surface area (TPSA) is 70.3 Å². The normalized spacial score (nSPS) is 20.5. The molecule has 15 heavy (non-hydrogen) atoms. The minimum absolute atomic E-state index is 0.136. The van der Waals surface area contributed by atoms with Crippen molar-refractivity contribution in [3.63, 3.8) is 0 Å². The zero-order valence-electron chi connectivity index (χ0n) is 8.15. The smallest absolute Gasteiger partial charge is 0.237 e. The van der Waals surface area contributed by atoms with Gasteiger partial charge in [-0.05, 0) is 12.8 Å². The molecular weight excluding hydrogens is 218 g/mol. The standard InChI is InChI=1S/C9H12ClN3O2/c10-7-4-12-9(11)13-8(7)15-5-6-2-1-3-14-6/h4,6H,1-3,5H2,(H2,11,12,13). The first-order valence-corrected chi connectivity index (χ1v) is 5.16. The van der Waals surface area contributed by atoms with Crippen molar-refractivity contribution in [1.29, 1.82) is 0 Å². The molecular formula is C9H12ClN3O2. The second kappa shape index (κ2) is 4.63. The Hall–Kier alpha value is -1.07. The molecule has 2 heterocycles. The summed E-state index contributed by atoms with van der Waals surface area (Å²) in [6.45, 7) is 1.25. The maximum atomic E-state index is 5.84. The van der Waals surface area contributed by atoms with Crippen molar-refractivity contribution >= 4 is 17.5 Å². The van der Waals surface area contributed by atoms with Gasteiger partial charge in [0.25, 0.3) is 0 Å². The van der Waals surface area contributed by atoms with Gasteiger partial charge in [-0.1, -0.05) is 11.6 Å². The van der Waals surface area contributed by atoms with E-state index in [1.807, 2.05) is 0 Å². The quantitative estimate of drug-likeness (QED) is 0.845. The van der Waals surface area contributed by atoms with Crippen LogP contribution >= 0.6 is 11.6 Å². The number of ether oxygens (including phenoxy) is 2. The van der Waals surface area contributed by atoms with Crippen molar-refractivity contribution in [3.8, 4) is 5.88 Å². The van der Waals surface area contributed by atoms with Crippen molar-refractivity contribution in [1.82, 2.24) is 9.97 Å². The van der Waals surface area contributed by atoms with E-state index >= 15 is 0 Å². The molecule has 0 aromatic carbocycles. The molecule has 0 spiro atoms.